The van der Waals surface area contributed by atoms with E-state index in [-0.39, 0.29) is 5.69 Å². The van der Waals surface area contributed by atoms with Crippen LogP contribution in [-0.2, 0) is 0 Å². The van der Waals surface area contributed by atoms with Crippen molar-refractivity contribution >= 4 is 11.0 Å². The number of hydrogen-bond donors (Lipinski definition) is 2. The minimum atomic E-state index is 0.0506. The van der Waals surface area contributed by atoms with Gasteiger partial charge in [0.05, 0.1) is 11.0 Å². The average Bonchev–Trinajstić information content (AvgIpc) is 2.99. The van der Waals surface area contributed by atoms with Gasteiger partial charge >= 0.3 is 5.69 Å². The van der Waals surface area contributed by atoms with Crippen LogP contribution in [0.2, 0.25) is 0 Å². The molecule has 0 bridgehead atoms. The number of hydrogen-bond acceptors (Lipinski definition) is 2. The highest BCUT2D eigenvalue weighted by Crippen LogP contribution is 2.33. The molecular weight excluding hydrogens is 322 g/mol. The predicted octanol–water partition coefficient (Wildman–Crippen LogP) is 4.62. The third-order valence-corrected chi connectivity index (χ3v) is 6.87. The van der Waals surface area contributed by atoms with Crippen molar-refractivity contribution in [2.75, 3.05) is 0 Å². The van der Waals surface area contributed by atoms with Crippen LogP contribution in [0.4, 0.5) is 0 Å². The van der Waals surface area contributed by atoms with E-state index in [4.69, 9.17) is 0 Å². The number of H-pyrrole nitrogens is 1. The minimum absolute atomic E-state index is 0.0506. The highest BCUT2D eigenvalue weighted by molar-refractivity contribution is 5.75. The number of imidazole rings is 1. The zero-order chi connectivity index (χ0) is 18.1. The largest absolute Gasteiger partial charge is 0.326 e. The Morgan fingerprint density at radius 3 is 2.23 bits per heavy atom. The lowest BCUT2D eigenvalue weighted by Gasteiger charge is -2.36. The maximum absolute atomic E-state index is 12.4. The Balaban J connectivity index is 1.33. The van der Waals surface area contributed by atoms with Crippen LogP contribution in [0.5, 0.6) is 0 Å². The first-order valence-electron chi connectivity index (χ1n) is 10.6. The molecule has 0 unspecified atom stereocenters. The molecule has 0 spiro atoms. The molecule has 0 amide bonds. The standard InChI is InChI=1S/C22H33N3O/c1-15(2)16-7-9-17(10-8-16)23-18-11-13-19(14-12-18)25-21-6-4-3-5-20(21)24-22(25)26/h3-6,15-19,23H,7-14H2,1-2H3,(H,24,26). The van der Waals surface area contributed by atoms with E-state index >= 15 is 0 Å². The van der Waals surface area contributed by atoms with Gasteiger partial charge in [-0.05, 0) is 75.3 Å². The van der Waals surface area contributed by atoms with Crippen molar-refractivity contribution in [1.29, 1.82) is 0 Å². The molecule has 2 saturated carbocycles. The second kappa shape index (κ2) is 7.59. The van der Waals surface area contributed by atoms with Gasteiger partial charge in [0.15, 0.2) is 0 Å². The van der Waals surface area contributed by atoms with Crippen molar-refractivity contribution in [2.24, 2.45) is 11.8 Å². The van der Waals surface area contributed by atoms with Gasteiger partial charge in [0.25, 0.3) is 0 Å². The number of aromatic nitrogens is 2. The molecule has 0 aliphatic heterocycles. The van der Waals surface area contributed by atoms with E-state index in [2.05, 4.69) is 30.2 Å². The van der Waals surface area contributed by atoms with Crippen LogP contribution in [0.1, 0.15) is 71.3 Å². The van der Waals surface area contributed by atoms with Gasteiger partial charge < -0.3 is 10.3 Å². The van der Waals surface area contributed by atoms with Gasteiger partial charge in [-0.25, -0.2) is 4.79 Å². The van der Waals surface area contributed by atoms with Crippen molar-refractivity contribution in [3.63, 3.8) is 0 Å². The van der Waals surface area contributed by atoms with Gasteiger partial charge in [0.1, 0.15) is 0 Å². The number of para-hydroxylation sites is 2. The fourth-order valence-electron chi connectivity index (χ4n) is 5.22. The number of aromatic amines is 1. The van der Waals surface area contributed by atoms with Crippen molar-refractivity contribution in [3.8, 4) is 0 Å². The summed E-state index contributed by atoms with van der Waals surface area (Å²) in [6, 6.07) is 9.74. The van der Waals surface area contributed by atoms with Gasteiger partial charge in [-0.1, -0.05) is 26.0 Å². The fourth-order valence-corrected chi connectivity index (χ4v) is 5.22. The molecule has 4 rings (SSSR count). The van der Waals surface area contributed by atoms with Crippen LogP contribution in [0.25, 0.3) is 11.0 Å². The molecule has 0 atom stereocenters. The normalized spacial score (nSPS) is 30.1. The van der Waals surface area contributed by atoms with Crippen LogP contribution in [0.15, 0.2) is 29.1 Å². The Hall–Kier alpha value is -1.55. The van der Waals surface area contributed by atoms with Gasteiger partial charge in [-0.2, -0.15) is 0 Å². The van der Waals surface area contributed by atoms with Gasteiger partial charge in [-0.15, -0.1) is 0 Å². The SMILES string of the molecule is CC(C)C1CCC(NC2CCC(n3c(=O)[nH]c4ccccc43)CC2)CC1. The molecule has 4 nitrogen and oxygen atoms in total. The molecule has 1 heterocycles. The molecule has 2 aromatic rings. The molecule has 142 valence electrons. The summed E-state index contributed by atoms with van der Waals surface area (Å²) in [4.78, 5) is 15.4. The summed E-state index contributed by atoms with van der Waals surface area (Å²) < 4.78 is 2.00. The molecule has 1 aromatic carbocycles. The number of rotatable bonds is 4. The van der Waals surface area contributed by atoms with E-state index in [1.54, 1.807) is 0 Å². The van der Waals surface area contributed by atoms with E-state index < -0.39 is 0 Å². The summed E-state index contributed by atoms with van der Waals surface area (Å²) in [5.41, 5.74) is 2.06. The Morgan fingerprint density at radius 2 is 1.58 bits per heavy atom. The second-order valence-electron chi connectivity index (χ2n) is 8.85. The molecule has 4 heteroatoms. The van der Waals surface area contributed by atoms with E-state index in [1.165, 1.54) is 38.5 Å². The minimum Gasteiger partial charge on any atom is -0.311 e. The maximum atomic E-state index is 12.4. The summed E-state index contributed by atoms with van der Waals surface area (Å²) >= 11 is 0. The first kappa shape index (κ1) is 17.8. The molecule has 26 heavy (non-hydrogen) atoms. The lowest BCUT2D eigenvalue weighted by molar-refractivity contribution is 0.206. The zero-order valence-electron chi connectivity index (χ0n) is 16.2. The molecule has 2 aliphatic rings. The topological polar surface area (TPSA) is 49.8 Å². The third-order valence-electron chi connectivity index (χ3n) is 6.87. The number of fused-ring (bicyclic) bond motifs is 1. The number of nitrogens with zero attached hydrogens (tertiary/aromatic N) is 1. The van der Waals surface area contributed by atoms with Crippen molar-refractivity contribution < 1.29 is 0 Å². The molecule has 0 saturated heterocycles. The fraction of sp³-hybridized carbons (Fsp3) is 0.682. The van der Waals surface area contributed by atoms with E-state index in [0.29, 0.717) is 18.1 Å². The van der Waals surface area contributed by atoms with Crippen molar-refractivity contribution in [1.82, 2.24) is 14.9 Å². The molecule has 2 aliphatic carbocycles. The predicted molar refractivity (Wildman–Crippen MR) is 108 cm³/mol. The Labute approximate surface area is 156 Å². The number of nitrogens with one attached hydrogen (secondary N) is 2. The van der Waals surface area contributed by atoms with E-state index in [1.807, 2.05) is 22.8 Å². The molecule has 2 fully saturated rings. The molecule has 2 N–H and O–H groups in total. The van der Waals surface area contributed by atoms with E-state index in [9.17, 15) is 4.79 Å². The summed E-state index contributed by atoms with van der Waals surface area (Å²) in [6.07, 6.45) is 10.0. The van der Waals surface area contributed by atoms with Crippen LogP contribution in [-0.4, -0.2) is 21.6 Å². The van der Waals surface area contributed by atoms with Crippen LogP contribution in [0.3, 0.4) is 0 Å². The average molecular weight is 356 g/mol. The van der Waals surface area contributed by atoms with E-state index in [0.717, 1.165) is 35.7 Å². The summed E-state index contributed by atoms with van der Waals surface area (Å²) in [5.74, 6) is 1.76. The highest BCUT2D eigenvalue weighted by atomic mass is 16.1. The monoisotopic (exact) mass is 355 g/mol. The zero-order valence-corrected chi connectivity index (χ0v) is 16.2. The second-order valence-corrected chi connectivity index (χ2v) is 8.85. The van der Waals surface area contributed by atoms with Crippen LogP contribution in [0, 0.1) is 11.8 Å². The summed E-state index contributed by atoms with van der Waals surface area (Å²) in [7, 11) is 0. The molecular formula is C22H33N3O. The van der Waals surface area contributed by atoms with Crippen LogP contribution < -0.4 is 11.0 Å². The molecule has 1 aromatic heterocycles. The summed E-state index contributed by atoms with van der Waals surface area (Å²) in [6.45, 7) is 4.73. The lowest BCUT2D eigenvalue weighted by atomic mass is 9.79. The van der Waals surface area contributed by atoms with Crippen LogP contribution >= 0.6 is 0 Å². The summed E-state index contributed by atoms with van der Waals surface area (Å²) in [5, 5.41) is 3.94. The Morgan fingerprint density at radius 1 is 0.962 bits per heavy atom. The first-order valence-corrected chi connectivity index (χ1v) is 10.6. The number of benzene rings is 1. The van der Waals surface area contributed by atoms with Gasteiger partial charge in [0, 0.05) is 18.1 Å². The van der Waals surface area contributed by atoms with Gasteiger partial charge in [-0.3, -0.25) is 4.57 Å². The quantitative estimate of drug-likeness (QED) is 0.841. The molecule has 0 radical (unpaired) electrons. The first-order chi connectivity index (χ1) is 12.6. The smallest absolute Gasteiger partial charge is 0.311 e. The Bertz CT molecular complexity index is 774. The maximum Gasteiger partial charge on any atom is 0.326 e. The highest BCUT2D eigenvalue weighted by Gasteiger charge is 2.28. The van der Waals surface area contributed by atoms with Gasteiger partial charge in [0.2, 0.25) is 0 Å². The Kier molecular flexibility index (Phi) is 5.21. The third kappa shape index (κ3) is 3.62. The van der Waals surface area contributed by atoms with Crippen molar-refractivity contribution in [2.45, 2.75) is 83.3 Å². The van der Waals surface area contributed by atoms with Crippen molar-refractivity contribution in [3.05, 3.63) is 34.7 Å². The lowest BCUT2D eigenvalue weighted by Crippen LogP contribution is -2.43.